The summed E-state index contributed by atoms with van der Waals surface area (Å²) in [6.45, 7) is 1.79. The third kappa shape index (κ3) is 3.13. The molecule has 0 aliphatic carbocycles. The lowest BCUT2D eigenvalue weighted by atomic mass is 10.3. The summed E-state index contributed by atoms with van der Waals surface area (Å²) in [5, 5.41) is 9.07. The normalized spacial score (nSPS) is 11.3. The summed E-state index contributed by atoms with van der Waals surface area (Å²) in [6, 6.07) is 5.42. The van der Waals surface area contributed by atoms with Gasteiger partial charge in [-0.3, -0.25) is 0 Å². The average molecular weight is 310 g/mol. The Morgan fingerprint density at radius 3 is 2.95 bits per heavy atom. The summed E-state index contributed by atoms with van der Waals surface area (Å²) in [4.78, 5) is 4.38. The number of thioether (sulfide) groups is 1. The number of halogens is 1. The molecule has 0 amide bonds. The van der Waals surface area contributed by atoms with Crippen LogP contribution in [0.1, 0.15) is 18.2 Å². The number of fused-ring (bicyclic) bond motifs is 1. The van der Waals surface area contributed by atoms with Gasteiger partial charge in [-0.1, -0.05) is 23.4 Å². The molecule has 3 aromatic rings. The molecule has 7 heteroatoms. The largest absolute Gasteiger partial charge is 0.431 e. The van der Waals surface area contributed by atoms with Crippen LogP contribution in [-0.4, -0.2) is 20.9 Å². The summed E-state index contributed by atoms with van der Waals surface area (Å²) < 4.78 is 10.9. The molecule has 0 spiro atoms. The Bertz CT molecular complexity index is 725. The van der Waals surface area contributed by atoms with Crippen LogP contribution in [0.3, 0.4) is 0 Å². The number of hydrogen-bond acceptors (Lipinski definition) is 6. The molecule has 20 heavy (non-hydrogen) atoms. The molecule has 0 unspecified atom stereocenters. The summed E-state index contributed by atoms with van der Waals surface area (Å²) in [7, 11) is 0. The zero-order valence-electron chi connectivity index (χ0n) is 10.8. The summed E-state index contributed by atoms with van der Waals surface area (Å²) in [5.41, 5.74) is 1.54. The number of aryl methyl sites for hydroxylation is 2. The van der Waals surface area contributed by atoms with Crippen LogP contribution in [0.15, 0.2) is 32.3 Å². The molecule has 0 atom stereocenters. The predicted molar refractivity (Wildman–Crippen MR) is 77.1 cm³/mol. The lowest BCUT2D eigenvalue weighted by molar-refractivity contribution is 0.465. The van der Waals surface area contributed by atoms with Crippen molar-refractivity contribution in [2.75, 3.05) is 5.75 Å². The molecule has 0 saturated heterocycles. The number of benzene rings is 1. The first-order valence-corrected chi connectivity index (χ1v) is 7.55. The van der Waals surface area contributed by atoms with Crippen molar-refractivity contribution >= 4 is 34.5 Å². The third-order valence-electron chi connectivity index (χ3n) is 2.66. The molecule has 3 rings (SSSR count). The SMILES string of the molecule is Cc1nnc(CCCSc2nc3cc(Cl)ccc3o2)o1. The standard InChI is InChI=1S/C13H12ClN3O2S/c1-8-16-17-12(18-8)3-2-6-20-13-15-10-7-9(14)4-5-11(10)19-13/h4-5,7H,2-3,6H2,1H3. The zero-order chi connectivity index (χ0) is 13.9. The van der Waals surface area contributed by atoms with Gasteiger partial charge in [-0.15, -0.1) is 10.2 Å². The summed E-state index contributed by atoms with van der Waals surface area (Å²) >= 11 is 7.48. The van der Waals surface area contributed by atoms with Crippen LogP contribution < -0.4 is 0 Å². The molecular weight excluding hydrogens is 298 g/mol. The van der Waals surface area contributed by atoms with Crippen molar-refractivity contribution in [3.8, 4) is 0 Å². The van der Waals surface area contributed by atoms with Gasteiger partial charge in [0.2, 0.25) is 11.8 Å². The molecule has 0 N–H and O–H groups in total. The molecule has 0 saturated carbocycles. The molecule has 5 nitrogen and oxygen atoms in total. The van der Waals surface area contributed by atoms with Gasteiger partial charge in [-0.05, 0) is 24.6 Å². The van der Waals surface area contributed by atoms with Gasteiger partial charge in [0.05, 0.1) is 0 Å². The van der Waals surface area contributed by atoms with Crippen LogP contribution in [0.4, 0.5) is 0 Å². The van der Waals surface area contributed by atoms with Crippen LogP contribution in [-0.2, 0) is 6.42 Å². The molecule has 2 heterocycles. The highest BCUT2D eigenvalue weighted by Crippen LogP contribution is 2.26. The van der Waals surface area contributed by atoms with Gasteiger partial charge in [0.25, 0.3) is 5.22 Å². The second-order valence-electron chi connectivity index (χ2n) is 4.26. The number of aromatic nitrogens is 3. The first-order chi connectivity index (χ1) is 9.70. The van der Waals surface area contributed by atoms with Crippen LogP contribution in [0, 0.1) is 6.92 Å². The molecule has 0 fully saturated rings. The Morgan fingerprint density at radius 2 is 2.15 bits per heavy atom. The van der Waals surface area contributed by atoms with E-state index in [0.717, 1.165) is 29.7 Å². The minimum Gasteiger partial charge on any atom is -0.431 e. The fraction of sp³-hybridized carbons (Fsp3) is 0.308. The number of nitrogens with zero attached hydrogens (tertiary/aromatic N) is 3. The summed E-state index contributed by atoms with van der Waals surface area (Å²) in [5.74, 6) is 2.15. The average Bonchev–Trinajstić information content (AvgIpc) is 3.00. The Hall–Kier alpha value is -1.53. The van der Waals surface area contributed by atoms with E-state index in [1.807, 2.05) is 6.07 Å². The Labute approximate surface area is 124 Å². The molecule has 0 radical (unpaired) electrons. The van der Waals surface area contributed by atoms with E-state index in [2.05, 4.69) is 15.2 Å². The van der Waals surface area contributed by atoms with E-state index in [4.69, 9.17) is 20.4 Å². The van der Waals surface area contributed by atoms with Crippen molar-refractivity contribution in [2.24, 2.45) is 0 Å². The van der Waals surface area contributed by atoms with E-state index in [9.17, 15) is 0 Å². The van der Waals surface area contributed by atoms with Gasteiger partial charge in [0.15, 0.2) is 5.58 Å². The predicted octanol–water partition coefficient (Wildman–Crippen LogP) is 3.90. The van der Waals surface area contributed by atoms with Gasteiger partial charge in [0, 0.05) is 24.1 Å². The third-order valence-corrected chi connectivity index (χ3v) is 3.81. The first-order valence-electron chi connectivity index (χ1n) is 6.18. The summed E-state index contributed by atoms with van der Waals surface area (Å²) in [6.07, 6.45) is 1.69. The maximum Gasteiger partial charge on any atom is 0.256 e. The van der Waals surface area contributed by atoms with Crippen molar-refractivity contribution in [3.05, 3.63) is 35.0 Å². The van der Waals surface area contributed by atoms with E-state index < -0.39 is 0 Å². The first kappa shape index (κ1) is 13.5. The monoisotopic (exact) mass is 309 g/mol. The van der Waals surface area contributed by atoms with Gasteiger partial charge in [-0.2, -0.15) is 0 Å². The molecule has 2 aromatic heterocycles. The number of rotatable bonds is 5. The highest BCUT2D eigenvalue weighted by atomic mass is 35.5. The Morgan fingerprint density at radius 1 is 1.25 bits per heavy atom. The quantitative estimate of drug-likeness (QED) is 0.526. The molecule has 1 aromatic carbocycles. The van der Waals surface area contributed by atoms with E-state index in [1.54, 1.807) is 30.8 Å². The van der Waals surface area contributed by atoms with Crippen LogP contribution in [0.5, 0.6) is 0 Å². The topological polar surface area (TPSA) is 65.0 Å². The molecule has 0 aliphatic rings. The maximum atomic E-state index is 5.91. The minimum absolute atomic E-state index is 0.600. The van der Waals surface area contributed by atoms with Crippen LogP contribution in [0.25, 0.3) is 11.1 Å². The lowest BCUT2D eigenvalue weighted by Crippen LogP contribution is -1.88. The maximum absolute atomic E-state index is 5.91. The Balaban J connectivity index is 1.54. The second kappa shape index (κ2) is 5.85. The fourth-order valence-electron chi connectivity index (χ4n) is 1.76. The van der Waals surface area contributed by atoms with Gasteiger partial charge in [-0.25, -0.2) is 4.98 Å². The van der Waals surface area contributed by atoms with Gasteiger partial charge >= 0.3 is 0 Å². The van der Waals surface area contributed by atoms with Crippen molar-refractivity contribution in [1.29, 1.82) is 0 Å². The van der Waals surface area contributed by atoms with E-state index in [1.165, 1.54) is 0 Å². The highest BCUT2D eigenvalue weighted by Gasteiger charge is 2.07. The van der Waals surface area contributed by atoms with Crippen molar-refractivity contribution in [3.63, 3.8) is 0 Å². The molecule has 104 valence electrons. The van der Waals surface area contributed by atoms with Crippen LogP contribution >= 0.6 is 23.4 Å². The van der Waals surface area contributed by atoms with Gasteiger partial charge < -0.3 is 8.83 Å². The van der Waals surface area contributed by atoms with E-state index in [0.29, 0.717) is 22.0 Å². The fourth-order valence-corrected chi connectivity index (χ4v) is 2.70. The van der Waals surface area contributed by atoms with Crippen LogP contribution in [0.2, 0.25) is 5.02 Å². The molecular formula is C13H12ClN3O2S. The van der Waals surface area contributed by atoms with E-state index >= 15 is 0 Å². The van der Waals surface area contributed by atoms with Crippen molar-refractivity contribution in [1.82, 2.24) is 15.2 Å². The van der Waals surface area contributed by atoms with Crippen molar-refractivity contribution in [2.45, 2.75) is 25.0 Å². The van der Waals surface area contributed by atoms with Crippen molar-refractivity contribution < 1.29 is 8.83 Å². The van der Waals surface area contributed by atoms with E-state index in [-0.39, 0.29) is 0 Å². The number of oxazole rings is 1. The minimum atomic E-state index is 0.600. The lowest BCUT2D eigenvalue weighted by Gasteiger charge is -1.94. The molecule has 0 bridgehead atoms. The second-order valence-corrected chi connectivity index (χ2v) is 5.74. The zero-order valence-corrected chi connectivity index (χ0v) is 12.4. The van der Waals surface area contributed by atoms with Gasteiger partial charge in [0.1, 0.15) is 5.52 Å². The smallest absolute Gasteiger partial charge is 0.256 e. The highest BCUT2D eigenvalue weighted by molar-refractivity contribution is 7.99. The molecule has 0 aliphatic heterocycles. The Kier molecular flexibility index (Phi) is 3.93. The number of hydrogen-bond donors (Lipinski definition) is 0.